The van der Waals surface area contributed by atoms with Crippen LogP contribution in [0.1, 0.15) is 45.6 Å². The van der Waals surface area contributed by atoms with Crippen LogP contribution in [-0.2, 0) is 5.41 Å². The quantitative estimate of drug-likeness (QED) is 0.481. The second-order valence-corrected chi connectivity index (χ2v) is 8.19. The number of nitrogens with zero attached hydrogens (tertiary/aromatic N) is 1. The van der Waals surface area contributed by atoms with Gasteiger partial charge in [0, 0.05) is 28.7 Å². The average molecular weight is 412 g/mol. The largest absolute Gasteiger partial charge is 1.00 e. The van der Waals surface area contributed by atoms with Crippen LogP contribution in [0, 0.1) is 0 Å². The SMILES string of the molecule is COc1cccc2c1C1c3scc[n+]3C2CC1(c1ccoc1)c1ccoc1.[Cl-]. The van der Waals surface area contributed by atoms with E-state index in [1.54, 1.807) is 19.6 Å². The van der Waals surface area contributed by atoms with E-state index < -0.39 is 0 Å². The van der Waals surface area contributed by atoms with Crippen LogP contribution in [0.3, 0.4) is 0 Å². The summed E-state index contributed by atoms with van der Waals surface area (Å²) in [6.07, 6.45) is 10.5. The molecule has 0 spiro atoms. The number of rotatable bonds is 3. The molecule has 1 aromatic carbocycles. The lowest BCUT2D eigenvalue weighted by atomic mass is 9.55. The maximum Gasteiger partial charge on any atom is 0.246 e. The number of fused-ring (bicyclic) bond motifs is 1. The number of furan rings is 2. The molecular formula is C22H18ClNO3S. The van der Waals surface area contributed by atoms with E-state index in [4.69, 9.17) is 13.6 Å². The minimum atomic E-state index is -0.239. The van der Waals surface area contributed by atoms with Gasteiger partial charge in [-0.05, 0) is 18.2 Å². The summed E-state index contributed by atoms with van der Waals surface area (Å²) in [5, 5.41) is 3.54. The van der Waals surface area contributed by atoms with Gasteiger partial charge < -0.3 is 26.0 Å². The zero-order valence-electron chi connectivity index (χ0n) is 15.2. The van der Waals surface area contributed by atoms with Crippen molar-refractivity contribution in [2.24, 2.45) is 0 Å². The molecule has 4 aromatic rings. The van der Waals surface area contributed by atoms with Crippen molar-refractivity contribution >= 4 is 11.3 Å². The molecule has 2 atom stereocenters. The Morgan fingerprint density at radius 3 is 2.50 bits per heavy atom. The van der Waals surface area contributed by atoms with Gasteiger partial charge >= 0.3 is 0 Å². The number of methoxy groups -OCH3 is 1. The molecule has 5 heterocycles. The standard InChI is InChI=1S/C22H18NO3S.ClH/c1-24-18-4-2-3-16-17-11-22(14-5-8-25-12-14,15-6-9-26-13-15)20(19(16)18)21-23(17)7-10-27-21;/h2-10,12-13,17,20H,11H2,1H3;1H/q+1;/p-1. The Morgan fingerprint density at radius 2 is 1.86 bits per heavy atom. The topological polar surface area (TPSA) is 39.4 Å². The highest BCUT2D eigenvalue weighted by Gasteiger charge is 2.61. The van der Waals surface area contributed by atoms with E-state index >= 15 is 0 Å². The maximum atomic E-state index is 5.83. The fourth-order valence-corrected chi connectivity index (χ4v) is 6.34. The van der Waals surface area contributed by atoms with Crippen LogP contribution in [0.2, 0.25) is 0 Å². The Hall–Kier alpha value is -2.50. The summed E-state index contributed by atoms with van der Waals surface area (Å²) in [7, 11) is 1.76. The van der Waals surface area contributed by atoms with Gasteiger partial charge in [0.15, 0.2) is 12.2 Å². The number of aromatic nitrogens is 1. The molecule has 3 aliphatic rings. The average Bonchev–Trinajstić information content (AvgIpc) is 3.49. The van der Waals surface area contributed by atoms with Gasteiger partial charge in [-0.3, -0.25) is 0 Å². The summed E-state index contributed by atoms with van der Waals surface area (Å²) in [5.41, 5.74) is 4.79. The van der Waals surface area contributed by atoms with Gasteiger partial charge in [-0.15, -0.1) is 0 Å². The van der Waals surface area contributed by atoms with Crippen molar-refractivity contribution < 1.29 is 30.5 Å². The molecule has 4 nitrogen and oxygen atoms in total. The Kier molecular flexibility index (Phi) is 3.93. The molecule has 0 saturated heterocycles. The summed E-state index contributed by atoms with van der Waals surface area (Å²) in [5.74, 6) is 1.10. The molecule has 0 N–H and O–H groups in total. The van der Waals surface area contributed by atoms with E-state index in [-0.39, 0.29) is 29.8 Å². The summed E-state index contributed by atoms with van der Waals surface area (Å²) >= 11 is 1.81. The van der Waals surface area contributed by atoms with Gasteiger partial charge in [0.1, 0.15) is 5.75 Å². The summed E-state index contributed by atoms with van der Waals surface area (Å²) in [6.45, 7) is 0. The Labute approximate surface area is 172 Å². The minimum absolute atomic E-state index is 0. The van der Waals surface area contributed by atoms with E-state index in [9.17, 15) is 0 Å². The van der Waals surface area contributed by atoms with Crippen molar-refractivity contribution in [2.45, 2.75) is 23.8 Å². The fraction of sp³-hybridized carbons (Fsp3) is 0.227. The lowest BCUT2D eigenvalue weighted by Crippen LogP contribution is -3.00. The molecular weight excluding hydrogens is 394 g/mol. The smallest absolute Gasteiger partial charge is 0.246 e. The second kappa shape index (κ2) is 6.26. The van der Waals surface area contributed by atoms with Gasteiger partial charge in [-0.1, -0.05) is 23.5 Å². The van der Waals surface area contributed by atoms with E-state index in [1.807, 2.05) is 23.9 Å². The van der Waals surface area contributed by atoms with Gasteiger partial charge in [-0.2, -0.15) is 4.57 Å². The van der Waals surface area contributed by atoms with Crippen molar-refractivity contribution in [3.63, 3.8) is 0 Å². The Bertz CT molecular complexity index is 1080. The summed E-state index contributed by atoms with van der Waals surface area (Å²) in [6, 6.07) is 10.9. The molecule has 6 heteroatoms. The first-order chi connectivity index (χ1) is 13.3. The summed E-state index contributed by atoms with van der Waals surface area (Å²) < 4.78 is 19.4. The Morgan fingerprint density at radius 1 is 1.11 bits per heavy atom. The van der Waals surface area contributed by atoms with Crippen LogP contribution in [0.5, 0.6) is 5.75 Å². The molecule has 0 saturated carbocycles. The molecule has 2 unspecified atom stereocenters. The van der Waals surface area contributed by atoms with Crippen LogP contribution >= 0.6 is 11.3 Å². The highest BCUT2D eigenvalue weighted by Crippen LogP contribution is 2.62. The molecule has 7 rings (SSSR count). The number of hydrogen-bond acceptors (Lipinski definition) is 4. The van der Waals surface area contributed by atoms with E-state index in [0.717, 1.165) is 12.2 Å². The van der Waals surface area contributed by atoms with Crippen LogP contribution in [-0.4, -0.2) is 7.11 Å². The molecule has 0 amide bonds. The number of thiazole rings is 1. The number of ether oxygens (including phenoxy) is 1. The third-order valence-electron chi connectivity index (χ3n) is 6.30. The Balaban J connectivity index is 0.00000171. The lowest BCUT2D eigenvalue weighted by molar-refractivity contribution is -0.727. The highest BCUT2D eigenvalue weighted by atomic mass is 35.5. The molecule has 28 heavy (non-hydrogen) atoms. The van der Waals surface area contributed by atoms with Crippen LogP contribution < -0.4 is 21.7 Å². The molecule has 0 radical (unpaired) electrons. The normalized spacial score (nSPS) is 20.9. The van der Waals surface area contributed by atoms with Crippen molar-refractivity contribution in [2.75, 3.05) is 7.11 Å². The van der Waals surface area contributed by atoms with Gasteiger partial charge in [0.05, 0.1) is 48.9 Å². The first-order valence-electron chi connectivity index (χ1n) is 9.05. The maximum absolute atomic E-state index is 5.83. The molecule has 3 aromatic heterocycles. The van der Waals surface area contributed by atoms with Gasteiger partial charge in [0.25, 0.3) is 0 Å². The highest BCUT2D eigenvalue weighted by molar-refractivity contribution is 7.09. The molecule has 0 fully saturated rings. The molecule has 1 aliphatic carbocycles. The zero-order chi connectivity index (χ0) is 18.0. The first-order valence-corrected chi connectivity index (χ1v) is 9.93. The van der Waals surface area contributed by atoms with Gasteiger partial charge in [0.2, 0.25) is 5.01 Å². The molecule has 142 valence electrons. The second-order valence-electron chi connectivity index (χ2n) is 7.26. The zero-order valence-corrected chi connectivity index (χ0v) is 16.7. The van der Waals surface area contributed by atoms with Crippen molar-refractivity contribution in [3.8, 4) is 5.75 Å². The molecule has 2 bridgehead atoms. The molecule has 2 aliphatic heterocycles. The van der Waals surface area contributed by atoms with E-state index in [0.29, 0.717) is 0 Å². The number of hydrogen-bond donors (Lipinski definition) is 0. The van der Waals surface area contributed by atoms with Crippen molar-refractivity contribution in [1.29, 1.82) is 0 Å². The number of halogens is 1. The van der Waals surface area contributed by atoms with Crippen LogP contribution in [0.15, 0.2) is 75.8 Å². The third-order valence-corrected chi connectivity index (χ3v) is 7.24. The third kappa shape index (κ3) is 2.03. The van der Waals surface area contributed by atoms with Crippen molar-refractivity contribution in [1.82, 2.24) is 0 Å². The van der Waals surface area contributed by atoms with Crippen molar-refractivity contribution in [3.05, 3.63) is 94.2 Å². The monoisotopic (exact) mass is 411 g/mol. The first kappa shape index (κ1) is 17.6. The fourth-order valence-electron chi connectivity index (χ4n) is 5.25. The van der Waals surface area contributed by atoms with E-state index in [1.165, 1.54) is 27.3 Å². The van der Waals surface area contributed by atoms with Crippen LogP contribution in [0.25, 0.3) is 0 Å². The van der Waals surface area contributed by atoms with Crippen LogP contribution in [0.4, 0.5) is 0 Å². The predicted molar refractivity (Wildman–Crippen MR) is 100 cm³/mol. The van der Waals surface area contributed by atoms with Gasteiger partial charge in [-0.25, -0.2) is 0 Å². The number of benzene rings is 1. The summed E-state index contributed by atoms with van der Waals surface area (Å²) in [4.78, 5) is 0. The lowest BCUT2D eigenvalue weighted by Gasteiger charge is -2.47. The predicted octanol–water partition coefficient (Wildman–Crippen LogP) is 1.66. The minimum Gasteiger partial charge on any atom is -1.00 e. The van der Waals surface area contributed by atoms with E-state index in [2.05, 4.69) is 46.5 Å².